The molecule has 1 aromatic heterocycles. The van der Waals surface area contributed by atoms with Gasteiger partial charge in [0.2, 0.25) is 0 Å². The quantitative estimate of drug-likeness (QED) is 0.591. The Morgan fingerprint density at radius 3 is 2.71 bits per heavy atom. The highest BCUT2D eigenvalue weighted by atomic mass is 16.6. The van der Waals surface area contributed by atoms with Gasteiger partial charge in [-0.2, -0.15) is 0 Å². The molecule has 0 amide bonds. The van der Waals surface area contributed by atoms with Crippen LogP contribution in [0.5, 0.6) is 0 Å². The molecule has 122 valence electrons. The van der Waals surface area contributed by atoms with E-state index >= 15 is 0 Å². The van der Waals surface area contributed by atoms with Crippen LogP contribution in [-0.4, -0.2) is 41.2 Å². The lowest BCUT2D eigenvalue weighted by Gasteiger charge is -2.28. The van der Waals surface area contributed by atoms with Gasteiger partial charge in [0.15, 0.2) is 0 Å². The molecule has 1 aliphatic heterocycles. The number of ether oxygens (including phenoxy) is 1. The summed E-state index contributed by atoms with van der Waals surface area (Å²) in [5.74, 6) is 0.632. The summed E-state index contributed by atoms with van der Waals surface area (Å²) >= 11 is 0. The fourth-order valence-corrected chi connectivity index (χ4v) is 2.98. The van der Waals surface area contributed by atoms with Gasteiger partial charge in [-0.3, -0.25) is 10.1 Å². The first-order valence-corrected chi connectivity index (χ1v) is 7.78. The Morgan fingerprint density at radius 1 is 1.17 bits per heavy atom. The van der Waals surface area contributed by atoms with Crippen molar-refractivity contribution in [2.45, 2.75) is 0 Å². The van der Waals surface area contributed by atoms with E-state index in [0.717, 1.165) is 11.0 Å². The molecule has 2 aromatic carbocycles. The Labute approximate surface area is 138 Å². The second-order valence-corrected chi connectivity index (χ2v) is 5.66. The number of hydrogen-bond donors (Lipinski definition) is 1. The third-order valence-corrected chi connectivity index (χ3v) is 4.19. The molecule has 0 radical (unpaired) electrons. The molecule has 0 saturated carbocycles. The maximum Gasteiger partial charge on any atom is 0.293 e. The molecule has 0 unspecified atom stereocenters. The average Bonchev–Trinajstić information content (AvgIpc) is 3.06. The van der Waals surface area contributed by atoms with Gasteiger partial charge in [0.05, 0.1) is 29.2 Å². The zero-order valence-corrected chi connectivity index (χ0v) is 12.9. The number of nitrogens with one attached hydrogen (secondary N) is 1. The number of rotatable bonds is 3. The summed E-state index contributed by atoms with van der Waals surface area (Å²) in [6, 6.07) is 12.9. The summed E-state index contributed by atoms with van der Waals surface area (Å²) in [5.41, 5.74) is 3.17. The molecule has 1 saturated heterocycles. The number of para-hydroxylation sites is 2. The van der Waals surface area contributed by atoms with Gasteiger partial charge in [-0.05, 0) is 24.3 Å². The molecule has 0 aliphatic carbocycles. The fraction of sp³-hybridized carbons (Fsp3) is 0.235. The minimum absolute atomic E-state index is 0.0925. The smallest absolute Gasteiger partial charge is 0.293 e. The second kappa shape index (κ2) is 5.93. The zero-order chi connectivity index (χ0) is 16.5. The molecule has 4 rings (SSSR count). The molecular formula is C17H16N4O3. The van der Waals surface area contributed by atoms with E-state index in [2.05, 4.69) is 9.97 Å². The van der Waals surface area contributed by atoms with Gasteiger partial charge in [0.1, 0.15) is 11.5 Å². The first-order chi connectivity index (χ1) is 11.7. The van der Waals surface area contributed by atoms with Crippen molar-refractivity contribution in [3.8, 4) is 11.4 Å². The molecule has 1 aliphatic rings. The van der Waals surface area contributed by atoms with Crippen LogP contribution in [0.15, 0.2) is 42.5 Å². The number of hydrogen-bond acceptors (Lipinski definition) is 5. The van der Waals surface area contributed by atoms with Gasteiger partial charge in [-0.1, -0.05) is 12.1 Å². The normalized spacial score (nSPS) is 14.9. The first-order valence-electron chi connectivity index (χ1n) is 7.78. The molecule has 7 heteroatoms. The molecule has 0 spiro atoms. The fourth-order valence-electron chi connectivity index (χ4n) is 2.98. The van der Waals surface area contributed by atoms with E-state index in [0.29, 0.717) is 43.4 Å². The molecular weight excluding hydrogens is 308 g/mol. The van der Waals surface area contributed by atoms with Crippen molar-refractivity contribution in [2.24, 2.45) is 0 Å². The van der Waals surface area contributed by atoms with E-state index in [1.807, 2.05) is 35.2 Å². The standard InChI is InChI=1S/C17H16N4O3/c22-21(23)16-11-12(5-6-15(16)20-7-9-24-10-8-20)17-18-13-3-1-2-4-14(13)19-17/h1-6,11H,7-10H2,(H,18,19). The van der Waals surface area contributed by atoms with E-state index in [4.69, 9.17) is 4.74 Å². The average molecular weight is 324 g/mol. The topological polar surface area (TPSA) is 84.3 Å². The number of anilines is 1. The van der Waals surface area contributed by atoms with Crippen molar-refractivity contribution < 1.29 is 9.66 Å². The Hall–Kier alpha value is -2.93. The highest BCUT2D eigenvalue weighted by molar-refractivity contribution is 5.80. The number of H-pyrrole nitrogens is 1. The lowest BCUT2D eigenvalue weighted by atomic mass is 10.1. The third kappa shape index (κ3) is 2.59. The molecule has 24 heavy (non-hydrogen) atoms. The summed E-state index contributed by atoms with van der Waals surface area (Å²) < 4.78 is 5.32. The van der Waals surface area contributed by atoms with E-state index in [1.165, 1.54) is 0 Å². The van der Waals surface area contributed by atoms with Crippen LogP contribution in [0, 0.1) is 10.1 Å². The number of benzene rings is 2. The molecule has 1 N–H and O–H groups in total. The van der Waals surface area contributed by atoms with Crippen LogP contribution in [0.3, 0.4) is 0 Å². The van der Waals surface area contributed by atoms with Crippen molar-refractivity contribution in [1.82, 2.24) is 9.97 Å². The Bertz CT molecular complexity index is 867. The Balaban J connectivity index is 1.76. The van der Waals surface area contributed by atoms with Gasteiger partial charge < -0.3 is 14.6 Å². The van der Waals surface area contributed by atoms with Gasteiger partial charge in [-0.15, -0.1) is 0 Å². The van der Waals surface area contributed by atoms with Gasteiger partial charge in [0, 0.05) is 24.7 Å². The van der Waals surface area contributed by atoms with Crippen LogP contribution >= 0.6 is 0 Å². The van der Waals surface area contributed by atoms with E-state index in [1.54, 1.807) is 12.1 Å². The molecule has 1 fully saturated rings. The first kappa shape index (κ1) is 14.6. The predicted octanol–water partition coefficient (Wildman–Crippen LogP) is 2.97. The number of aromatic nitrogens is 2. The van der Waals surface area contributed by atoms with Crippen LogP contribution in [0.4, 0.5) is 11.4 Å². The largest absolute Gasteiger partial charge is 0.378 e. The third-order valence-electron chi connectivity index (χ3n) is 4.19. The number of nitrogens with zero attached hydrogens (tertiary/aromatic N) is 3. The van der Waals surface area contributed by atoms with Crippen LogP contribution in [0.25, 0.3) is 22.4 Å². The molecule has 0 atom stereocenters. The summed E-state index contributed by atoms with van der Waals surface area (Å²) in [6.45, 7) is 2.49. The highest BCUT2D eigenvalue weighted by Gasteiger charge is 2.22. The summed E-state index contributed by atoms with van der Waals surface area (Å²) in [7, 11) is 0. The van der Waals surface area contributed by atoms with E-state index in [-0.39, 0.29) is 10.6 Å². The van der Waals surface area contributed by atoms with Crippen LogP contribution in [-0.2, 0) is 4.74 Å². The van der Waals surface area contributed by atoms with Gasteiger partial charge >= 0.3 is 0 Å². The van der Waals surface area contributed by atoms with E-state index in [9.17, 15) is 10.1 Å². The Morgan fingerprint density at radius 2 is 1.96 bits per heavy atom. The predicted molar refractivity (Wildman–Crippen MR) is 91.2 cm³/mol. The van der Waals surface area contributed by atoms with Crippen molar-refractivity contribution >= 4 is 22.4 Å². The SMILES string of the molecule is O=[N+]([O-])c1cc(-c2nc3ccccc3[nH]2)ccc1N1CCOCC1. The van der Waals surface area contributed by atoms with Crippen molar-refractivity contribution in [3.63, 3.8) is 0 Å². The number of aromatic amines is 1. The number of nitro groups is 1. The maximum atomic E-state index is 11.5. The van der Waals surface area contributed by atoms with Crippen molar-refractivity contribution in [1.29, 1.82) is 0 Å². The number of fused-ring (bicyclic) bond motifs is 1. The van der Waals surface area contributed by atoms with Crippen LogP contribution in [0.1, 0.15) is 0 Å². The maximum absolute atomic E-state index is 11.5. The second-order valence-electron chi connectivity index (χ2n) is 5.66. The molecule has 0 bridgehead atoms. The highest BCUT2D eigenvalue weighted by Crippen LogP contribution is 2.33. The minimum atomic E-state index is -0.336. The molecule has 3 aromatic rings. The minimum Gasteiger partial charge on any atom is -0.378 e. The lowest BCUT2D eigenvalue weighted by molar-refractivity contribution is -0.384. The monoisotopic (exact) mass is 324 g/mol. The lowest BCUT2D eigenvalue weighted by Crippen LogP contribution is -2.36. The number of imidazole rings is 1. The number of nitro benzene ring substituents is 1. The van der Waals surface area contributed by atoms with Crippen LogP contribution in [0.2, 0.25) is 0 Å². The van der Waals surface area contributed by atoms with Crippen molar-refractivity contribution in [2.75, 3.05) is 31.2 Å². The van der Waals surface area contributed by atoms with E-state index < -0.39 is 0 Å². The summed E-state index contributed by atoms with van der Waals surface area (Å²) in [6.07, 6.45) is 0. The zero-order valence-electron chi connectivity index (χ0n) is 12.9. The summed E-state index contributed by atoms with van der Waals surface area (Å²) in [4.78, 5) is 20.9. The number of morpholine rings is 1. The molecule has 7 nitrogen and oxygen atoms in total. The van der Waals surface area contributed by atoms with Gasteiger partial charge in [0.25, 0.3) is 5.69 Å². The van der Waals surface area contributed by atoms with Crippen LogP contribution < -0.4 is 4.90 Å². The van der Waals surface area contributed by atoms with Crippen molar-refractivity contribution in [3.05, 3.63) is 52.6 Å². The molecule has 2 heterocycles. The Kier molecular flexibility index (Phi) is 3.62. The van der Waals surface area contributed by atoms with Gasteiger partial charge in [-0.25, -0.2) is 4.98 Å². The summed E-state index contributed by atoms with van der Waals surface area (Å²) in [5, 5.41) is 11.5.